The molecular weight excluding hydrogens is 454 g/mol. The first-order valence-corrected chi connectivity index (χ1v) is 13.6. The predicted octanol–water partition coefficient (Wildman–Crippen LogP) is 4.64. The van der Waals surface area contributed by atoms with Gasteiger partial charge in [0.25, 0.3) is 0 Å². The Labute approximate surface area is 200 Å². The third kappa shape index (κ3) is 4.52. The molecule has 0 N–H and O–H groups in total. The van der Waals surface area contributed by atoms with Crippen LogP contribution in [0.15, 0.2) is 58.5 Å². The van der Waals surface area contributed by atoms with Gasteiger partial charge >= 0.3 is 0 Å². The zero-order valence-electron chi connectivity index (χ0n) is 19.4. The lowest BCUT2D eigenvalue weighted by Crippen LogP contribution is -2.35. The number of aryl methyl sites for hydroxylation is 1. The van der Waals surface area contributed by atoms with E-state index in [1.54, 1.807) is 18.2 Å². The van der Waals surface area contributed by atoms with E-state index in [4.69, 9.17) is 4.98 Å². The van der Waals surface area contributed by atoms with Gasteiger partial charge in [-0.3, -0.25) is 4.79 Å². The van der Waals surface area contributed by atoms with Crippen LogP contribution in [0.2, 0.25) is 0 Å². The normalized spacial score (nSPS) is 14.6. The van der Waals surface area contributed by atoms with Crippen LogP contribution < -0.4 is 4.90 Å². The molecule has 33 heavy (non-hydrogen) atoms. The van der Waals surface area contributed by atoms with Gasteiger partial charge in [0.2, 0.25) is 15.9 Å². The number of fused-ring (bicyclic) bond motifs is 2. The highest BCUT2D eigenvalue weighted by atomic mass is 32.2. The van der Waals surface area contributed by atoms with Crippen molar-refractivity contribution in [3.63, 3.8) is 0 Å². The maximum Gasteiger partial charge on any atom is 0.243 e. The van der Waals surface area contributed by atoms with Gasteiger partial charge in [-0.25, -0.2) is 13.4 Å². The van der Waals surface area contributed by atoms with Crippen LogP contribution in [0.5, 0.6) is 0 Å². The number of hydrogen-bond acceptors (Lipinski definition) is 5. The number of benzene rings is 2. The van der Waals surface area contributed by atoms with Crippen molar-refractivity contribution < 1.29 is 13.2 Å². The van der Waals surface area contributed by atoms with Crippen LogP contribution in [0.1, 0.15) is 31.9 Å². The fourth-order valence-corrected chi connectivity index (χ4v) is 6.76. The molecule has 1 amide bonds. The third-order valence-electron chi connectivity index (χ3n) is 6.11. The molecule has 174 valence electrons. The number of para-hydroxylation sites is 1. The van der Waals surface area contributed by atoms with Crippen LogP contribution in [0.3, 0.4) is 0 Å². The van der Waals surface area contributed by atoms with E-state index in [1.807, 2.05) is 56.9 Å². The molecule has 2 heterocycles. The van der Waals surface area contributed by atoms with Crippen molar-refractivity contribution in [1.82, 2.24) is 9.29 Å². The maximum atomic E-state index is 13.1. The molecule has 0 bridgehead atoms. The number of aromatic nitrogens is 1. The van der Waals surface area contributed by atoms with Crippen LogP contribution >= 0.6 is 11.8 Å². The molecule has 1 unspecified atom stereocenters. The molecule has 3 aromatic rings. The second-order valence-electron chi connectivity index (χ2n) is 8.17. The number of carbonyl (C=O) groups excluding carboxylic acids is 1. The lowest BCUT2D eigenvalue weighted by atomic mass is 10.1. The van der Waals surface area contributed by atoms with Crippen molar-refractivity contribution in [2.45, 2.75) is 49.3 Å². The Balaban J connectivity index is 1.58. The Morgan fingerprint density at radius 2 is 1.88 bits per heavy atom. The summed E-state index contributed by atoms with van der Waals surface area (Å²) in [5, 5.41) is 1.27. The van der Waals surface area contributed by atoms with Gasteiger partial charge in [-0.15, -0.1) is 0 Å². The zero-order chi connectivity index (χ0) is 23.8. The lowest BCUT2D eigenvalue weighted by molar-refractivity contribution is -0.117. The van der Waals surface area contributed by atoms with Crippen molar-refractivity contribution in [2.24, 2.45) is 0 Å². The van der Waals surface area contributed by atoms with E-state index in [0.717, 1.165) is 33.6 Å². The first-order valence-electron chi connectivity index (χ1n) is 11.2. The molecule has 2 aromatic carbocycles. The molecule has 0 fully saturated rings. The molecule has 1 atom stereocenters. The van der Waals surface area contributed by atoms with Gasteiger partial charge in [0, 0.05) is 30.7 Å². The number of hydrogen-bond donors (Lipinski definition) is 0. The Bertz CT molecular complexity index is 1300. The van der Waals surface area contributed by atoms with Crippen molar-refractivity contribution in [1.29, 1.82) is 0 Å². The topological polar surface area (TPSA) is 70.6 Å². The molecule has 0 radical (unpaired) electrons. The van der Waals surface area contributed by atoms with E-state index in [0.29, 0.717) is 19.6 Å². The van der Waals surface area contributed by atoms with E-state index in [2.05, 4.69) is 6.07 Å². The van der Waals surface area contributed by atoms with Crippen LogP contribution in [-0.2, 0) is 21.2 Å². The van der Waals surface area contributed by atoms with Crippen LogP contribution in [-0.4, -0.2) is 48.5 Å². The molecule has 0 saturated heterocycles. The number of carbonyl (C=O) groups is 1. The number of nitrogens with zero attached hydrogens (tertiary/aromatic N) is 3. The summed E-state index contributed by atoms with van der Waals surface area (Å²) >= 11 is 1.44. The summed E-state index contributed by atoms with van der Waals surface area (Å²) in [6.45, 7) is 9.09. The number of pyridine rings is 1. The molecule has 8 heteroatoms. The predicted molar refractivity (Wildman–Crippen MR) is 134 cm³/mol. The highest BCUT2D eigenvalue weighted by Crippen LogP contribution is 2.33. The largest absolute Gasteiger partial charge is 0.311 e. The van der Waals surface area contributed by atoms with Crippen LogP contribution in [0.25, 0.3) is 10.9 Å². The van der Waals surface area contributed by atoms with E-state index in [1.165, 1.54) is 21.6 Å². The molecule has 0 saturated carbocycles. The molecule has 4 rings (SSSR count). The third-order valence-corrected chi connectivity index (χ3v) is 9.16. The zero-order valence-corrected chi connectivity index (χ0v) is 21.0. The minimum atomic E-state index is -3.53. The molecule has 1 aliphatic heterocycles. The van der Waals surface area contributed by atoms with E-state index in [-0.39, 0.29) is 16.1 Å². The number of amides is 1. The molecule has 6 nitrogen and oxygen atoms in total. The monoisotopic (exact) mass is 483 g/mol. The van der Waals surface area contributed by atoms with Gasteiger partial charge in [-0.2, -0.15) is 4.31 Å². The van der Waals surface area contributed by atoms with Crippen molar-refractivity contribution >= 4 is 44.3 Å². The average molecular weight is 484 g/mol. The summed E-state index contributed by atoms with van der Waals surface area (Å²) in [7, 11) is -3.53. The highest BCUT2D eigenvalue weighted by Gasteiger charge is 2.29. The fraction of sp³-hybridized carbons (Fsp3) is 0.360. The summed E-state index contributed by atoms with van der Waals surface area (Å²) in [4.78, 5) is 20.0. The average Bonchev–Trinajstić information content (AvgIpc) is 3.23. The molecule has 0 aliphatic carbocycles. The van der Waals surface area contributed by atoms with Gasteiger partial charge in [0.05, 0.1) is 20.7 Å². The smallest absolute Gasteiger partial charge is 0.243 e. The second kappa shape index (κ2) is 9.44. The summed E-state index contributed by atoms with van der Waals surface area (Å²) in [5.41, 5.74) is 3.87. The lowest BCUT2D eigenvalue weighted by Gasteiger charge is -2.21. The number of rotatable bonds is 7. The number of anilines is 1. The van der Waals surface area contributed by atoms with Gasteiger partial charge in [0.15, 0.2) is 0 Å². The van der Waals surface area contributed by atoms with E-state index in [9.17, 15) is 13.2 Å². The second-order valence-corrected chi connectivity index (χ2v) is 11.5. The summed E-state index contributed by atoms with van der Waals surface area (Å²) in [5.74, 6) is 0.0742. The molecule has 1 aromatic heterocycles. The maximum absolute atomic E-state index is 13.1. The summed E-state index contributed by atoms with van der Waals surface area (Å²) in [6, 6.07) is 15.1. The first kappa shape index (κ1) is 23.7. The SMILES string of the molecule is CCN(CC)S(=O)(=O)c1ccc2nc(SC(C)C(=O)N3CCc4ccccc43)cc(C)c2c1. The van der Waals surface area contributed by atoms with Crippen LogP contribution in [0, 0.1) is 6.92 Å². The Hall–Kier alpha value is -2.42. The Morgan fingerprint density at radius 1 is 1.15 bits per heavy atom. The Morgan fingerprint density at radius 3 is 2.61 bits per heavy atom. The first-order chi connectivity index (χ1) is 15.8. The summed E-state index contributed by atoms with van der Waals surface area (Å²) in [6.07, 6.45) is 0.880. The highest BCUT2D eigenvalue weighted by molar-refractivity contribution is 8.00. The molecular formula is C25H29N3O3S2. The Kier molecular flexibility index (Phi) is 6.79. The van der Waals surface area contributed by atoms with Crippen molar-refractivity contribution in [3.05, 3.63) is 59.7 Å². The number of sulfonamides is 1. The molecule has 0 spiro atoms. The van der Waals surface area contributed by atoms with Crippen molar-refractivity contribution in [2.75, 3.05) is 24.5 Å². The van der Waals surface area contributed by atoms with Crippen LogP contribution in [0.4, 0.5) is 5.69 Å². The van der Waals surface area contributed by atoms with Gasteiger partial charge in [-0.05, 0) is 61.7 Å². The van der Waals surface area contributed by atoms with E-state index >= 15 is 0 Å². The number of thioether (sulfide) groups is 1. The van der Waals surface area contributed by atoms with E-state index < -0.39 is 10.0 Å². The molecule has 1 aliphatic rings. The quantitative estimate of drug-likeness (QED) is 0.458. The standard InChI is InChI=1S/C25H29N3O3S2/c1-5-27(6-2)33(30,31)20-11-12-22-21(16-20)17(3)15-24(26-22)32-18(4)25(29)28-14-13-19-9-7-8-10-23(19)28/h7-12,15-16,18H,5-6,13-14H2,1-4H3. The van der Waals surface area contributed by atoms with Gasteiger partial charge in [0.1, 0.15) is 0 Å². The van der Waals surface area contributed by atoms with Gasteiger partial charge < -0.3 is 4.90 Å². The van der Waals surface area contributed by atoms with Crippen molar-refractivity contribution in [3.8, 4) is 0 Å². The fourth-order valence-electron chi connectivity index (χ4n) is 4.29. The summed E-state index contributed by atoms with van der Waals surface area (Å²) < 4.78 is 27.3. The van der Waals surface area contributed by atoms with Gasteiger partial charge in [-0.1, -0.05) is 43.8 Å². The minimum Gasteiger partial charge on any atom is -0.311 e. The minimum absolute atomic E-state index is 0.0742.